The van der Waals surface area contributed by atoms with E-state index in [9.17, 15) is 24.5 Å². The maximum atomic E-state index is 12.8. The van der Waals surface area contributed by atoms with Crippen LogP contribution in [0.1, 0.15) is 12.0 Å². The molecule has 0 spiro atoms. The molecule has 2 fully saturated rings. The van der Waals surface area contributed by atoms with Gasteiger partial charge in [-0.25, -0.2) is 0 Å². The molecule has 1 heterocycles. The summed E-state index contributed by atoms with van der Waals surface area (Å²) in [6.45, 7) is -0.387. The summed E-state index contributed by atoms with van der Waals surface area (Å²) < 4.78 is 5.57. The quantitative estimate of drug-likeness (QED) is 0.206. The number of hydrazone groups is 1. The molecule has 1 N–H and O–H groups in total. The molecule has 2 aromatic rings. The van der Waals surface area contributed by atoms with Crippen molar-refractivity contribution in [1.82, 2.24) is 5.01 Å². The standard InChI is InChI=1S/C24H19ClN4O6/c25-16-3-5-17(6-4-16)27-20(30)12-35-19-8-7-18(29(33)34)10-15(19)11-26-28-23(31)21-13-1-2-14(9-13)22(21)24(28)32/h1-8,10-11,13-14,21-22H,9,12H2,(H,27,30). The third-order valence-corrected chi connectivity index (χ3v) is 6.70. The SMILES string of the molecule is O=C(COc1ccc([N+](=O)[O-])cc1C=NN1C(=O)C2C3C=CC(C3)C2C1=O)Nc1ccc(Cl)cc1. The zero-order valence-corrected chi connectivity index (χ0v) is 18.9. The van der Waals surface area contributed by atoms with E-state index in [1.54, 1.807) is 24.3 Å². The summed E-state index contributed by atoms with van der Waals surface area (Å²) in [5.74, 6) is -1.82. The van der Waals surface area contributed by atoms with Crippen LogP contribution in [0.15, 0.2) is 59.7 Å². The van der Waals surface area contributed by atoms with Crippen LogP contribution in [0, 0.1) is 33.8 Å². The summed E-state index contributed by atoms with van der Waals surface area (Å²) in [5.41, 5.74) is 0.438. The fourth-order valence-electron chi connectivity index (χ4n) is 4.88. The van der Waals surface area contributed by atoms with E-state index in [-0.39, 0.29) is 47.3 Å². The normalized spacial score (nSPS) is 24.3. The van der Waals surface area contributed by atoms with E-state index in [2.05, 4.69) is 10.4 Å². The third-order valence-electron chi connectivity index (χ3n) is 6.45. The van der Waals surface area contributed by atoms with Crippen molar-refractivity contribution < 1.29 is 24.0 Å². The van der Waals surface area contributed by atoms with E-state index in [4.69, 9.17) is 16.3 Å². The number of amides is 3. The molecule has 2 bridgehead atoms. The van der Waals surface area contributed by atoms with Crippen LogP contribution >= 0.6 is 11.6 Å². The van der Waals surface area contributed by atoms with Gasteiger partial charge in [-0.2, -0.15) is 10.1 Å². The molecule has 3 amide bonds. The van der Waals surface area contributed by atoms with Gasteiger partial charge in [0.05, 0.1) is 23.0 Å². The number of nitro benzene ring substituents is 1. The summed E-state index contributed by atoms with van der Waals surface area (Å²) in [4.78, 5) is 48.6. The number of nitrogens with one attached hydrogen (secondary N) is 1. The number of carbonyl (C=O) groups excluding carboxylic acids is 3. The highest BCUT2D eigenvalue weighted by Crippen LogP contribution is 2.52. The van der Waals surface area contributed by atoms with Gasteiger partial charge in [0.15, 0.2) is 6.61 Å². The van der Waals surface area contributed by atoms with Gasteiger partial charge >= 0.3 is 0 Å². The molecule has 0 aromatic heterocycles. The number of allylic oxidation sites excluding steroid dienone is 2. The fraction of sp³-hybridized carbons (Fsp3) is 0.250. The Labute approximate surface area is 204 Å². The minimum atomic E-state index is -0.589. The average molecular weight is 495 g/mol. The maximum absolute atomic E-state index is 12.8. The first kappa shape index (κ1) is 22.7. The lowest BCUT2D eigenvalue weighted by molar-refractivity contribution is -0.384. The largest absolute Gasteiger partial charge is 0.483 e. The fourth-order valence-corrected chi connectivity index (χ4v) is 5.00. The van der Waals surface area contributed by atoms with Crippen molar-refractivity contribution in [3.63, 3.8) is 0 Å². The first-order valence-electron chi connectivity index (χ1n) is 10.9. The number of nitrogens with zero attached hydrogens (tertiary/aromatic N) is 3. The van der Waals surface area contributed by atoms with Crippen molar-refractivity contribution in [3.8, 4) is 5.75 Å². The van der Waals surface area contributed by atoms with E-state index >= 15 is 0 Å². The number of anilines is 1. The van der Waals surface area contributed by atoms with Gasteiger partial charge in [0.2, 0.25) is 0 Å². The van der Waals surface area contributed by atoms with E-state index in [1.807, 2.05) is 12.2 Å². The van der Waals surface area contributed by atoms with Crippen LogP contribution in [-0.2, 0) is 14.4 Å². The summed E-state index contributed by atoms with van der Waals surface area (Å²) in [5, 5.41) is 19.3. The van der Waals surface area contributed by atoms with Crippen molar-refractivity contribution in [2.24, 2.45) is 28.8 Å². The van der Waals surface area contributed by atoms with Crippen LogP contribution < -0.4 is 10.1 Å². The molecule has 0 radical (unpaired) electrons. The van der Waals surface area contributed by atoms with Crippen LogP contribution in [0.2, 0.25) is 5.02 Å². The van der Waals surface area contributed by atoms with E-state index in [0.717, 1.165) is 11.4 Å². The Hall–Kier alpha value is -4.05. The summed E-state index contributed by atoms with van der Waals surface area (Å²) in [7, 11) is 0. The maximum Gasteiger partial charge on any atom is 0.270 e. The number of ether oxygens (including phenoxy) is 1. The zero-order chi connectivity index (χ0) is 24.7. The van der Waals surface area contributed by atoms with Gasteiger partial charge in [-0.3, -0.25) is 24.5 Å². The number of nitro groups is 1. The molecule has 10 nitrogen and oxygen atoms in total. The number of carbonyl (C=O) groups is 3. The van der Waals surface area contributed by atoms with Crippen LogP contribution in [0.25, 0.3) is 0 Å². The molecule has 35 heavy (non-hydrogen) atoms. The third kappa shape index (κ3) is 4.28. The van der Waals surface area contributed by atoms with Crippen molar-refractivity contribution >= 4 is 46.9 Å². The molecular weight excluding hydrogens is 476 g/mol. The second-order valence-electron chi connectivity index (χ2n) is 8.56. The van der Waals surface area contributed by atoms with Gasteiger partial charge in [0.25, 0.3) is 23.4 Å². The molecular formula is C24H19ClN4O6. The second kappa shape index (κ2) is 8.95. The number of non-ortho nitro benzene ring substituents is 1. The first-order valence-corrected chi connectivity index (χ1v) is 11.3. The Kier molecular flexibility index (Phi) is 5.81. The lowest BCUT2D eigenvalue weighted by Gasteiger charge is -2.13. The van der Waals surface area contributed by atoms with E-state index in [0.29, 0.717) is 10.7 Å². The van der Waals surface area contributed by atoms with Gasteiger partial charge in [-0.1, -0.05) is 23.8 Å². The Morgan fingerprint density at radius 3 is 2.43 bits per heavy atom. The van der Waals surface area contributed by atoms with Crippen molar-refractivity contribution in [3.05, 3.63) is 75.3 Å². The van der Waals surface area contributed by atoms with Crippen LogP contribution in [0.5, 0.6) is 5.75 Å². The summed E-state index contributed by atoms with van der Waals surface area (Å²) in [6.07, 6.45) is 5.93. The molecule has 1 saturated carbocycles. The first-order chi connectivity index (χ1) is 16.8. The van der Waals surface area contributed by atoms with Crippen LogP contribution in [-0.4, -0.2) is 40.5 Å². The molecule has 1 aliphatic heterocycles. The molecule has 5 rings (SSSR count). The highest BCUT2D eigenvalue weighted by molar-refractivity contribution is 6.30. The van der Waals surface area contributed by atoms with Crippen molar-refractivity contribution in [2.45, 2.75) is 6.42 Å². The van der Waals surface area contributed by atoms with Crippen LogP contribution in [0.3, 0.4) is 0 Å². The Bertz CT molecular complexity index is 1260. The molecule has 4 unspecified atom stereocenters. The molecule has 178 valence electrons. The highest BCUT2D eigenvalue weighted by atomic mass is 35.5. The number of halogens is 1. The van der Waals surface area contributed by atoms with E-state index in [1.165, 1.54) is 24.4 Å². The van der Waals surface area contributed by atoms with Gasteiger partial charge in [0, 0.05) is 28.4 Å². The lowest BCUT2D eigenvalue weighted by atomic mass is 9.85. The summed E-state index contributed by atoms with van der Waals surface area (Å²) in [6, 6.07) is 10.3. The Morgan fingerprint density at radius 1 is 1.14 bits per heavy atom. The number of rotatable bonds is 7. The minimum absolute atomic E-state index is 0.0394. The number of benzene rings is 2. The lowest BCUT2D eigenvalue weighted by Crippen LogP contribution is -2.28. The number of hydrogen-bond acceptors (Lipinski definition) is 7. The zero-order valence-electron chi connectivity index (χ0n) is 18.2. The molecule has 3 aliphatic rings. The van der Waals surface area contributed by atoms with Crippen LogP contribution in [0.4, 0.5) is 11.4 Å². The van der Waals surface area contributed by atoms with E-state index < -0.39 is 22.7 Å². The van der Waals surface area contributed by atoms with Crippen molar-refractivity contribution in [2.75, 3.05) is 11.9 Å². The van der Waals surface area contributed by atoms with Gasteiger partial charge in [0.1, 0.15) is 5.75 Å². The molecule has 2 aliphatic carbocycles. The smallest absolute Gasteiger partial charge is 0.270 e. The predicted octanol–water partition coefficient (Wildman–Crippen LogP) is 3.41. The Balaban J connectivity index is 1.32. The summed E-state index contributed by atoms with van der Waals surface area (Å²) >= 11 is 5.84. The number of hydrogen-bond donors (Lipinski definition) is 1. The molecule has 1 saturated heterocycles. The molecule has 11 heteroatoms. The predicted molar refractivity (Wildman–Crippen MR) is 126 cm³/mol. The monoisotopic (exact) mass is 494 g/mol. The molecule has 4 atom stereocenters. The van der Waals surface area contributed by atoms with Gasteiger partial charge in [-0.05, 0) is 48.6 Å². The average Bonchev–Trinajstić information content (AvgIpc) is 3.52. The second-order valence-corrected chi connectivity index (χ2v) is 8.99. The van der Waals surface area contributed by atoms with Gasteiger partial charge < -0.3 is 10.1 Å². The highest BCUT2D eigenvalue weighted by Gasteiger charge is 2.59. The molecule has 2 aromatic carbocycles. The number of fused-ring (bicyclic) bond motifs is 5. The topological polar surface area (TPSA) is 131 Å². The Morgan fingerprint density at radius 2 is 1.80 bits per heavy atom. The van der Waals surface area contributed by atoms with Crippen molar-refractivity contribution in [1.29, 1.82) is 0 Å². The van der Waals surface area contributed by atoms with Gasteiger partial charge in [-0.15, -0.1) is 0 Å². The minimum Gasteiger partial charge on any atom is -0.483 e. The number of imide groups is 1.